The van der Waals surface area contributed by atoms with Crippen LogP contribution in [0.25, 0.3) is 11.4 Å². The summed E-state index contributed by atoms with van der Waals surface area (Å²) < 4.78 is 11.2. The summed E-state index contributed by atoms with van der Waals surface area (Å²) in [7, 11) is 2.45. The standard InChI is InChI=1S/C23H20Cl2N4O5S/c1-4-9-29-20(15-8-6-14(24)11-17(15)25)27-28-23(29)35-12-19(30)26-18-10-13(21(31)33-2)5-7-16(18)22(32)34-3/h4-8,10-11H,1,9,12H2,2-3H3,(H,26,30). The highest BCUT2D eigenvalue weighted by atomic mass is 35.5. The van der Waals surface area contributed by atoms with Gasteiger partial charge in [0.15, 0.2) is 11.0 Å². The van der Waals surface area contributed by atoms with Crippen LogP contribution in [-0.4, -0.2) is 52.6 Å². The van der Waals surface area contributed by atoms with Gasteiger partial charge in [0.25, 0.3) is 0 Å². The second kappa shape index (κ2) is 11.9. The third kappa shape index (κ3) is 6.21. The lowest BCUT2D eigenvalue weighted by molar-refractivity contribution is -0.113. The van der Waals surface area contributed by atoms with Crippen LogP contribution >= 0.6 is 35.0 Å². The molecule has 1 heterocycles. The molecule has 3 rings (SSSR count). The minimum absolute atomic E-state index is 0.0628. The van der Waals surface area contributed by atoms with E-state index in [4.69, 9.17) is 32.7 Å². The monoisotopic (exact) mass is 534 g/mol. The molecule has 9 nitrogen and oxygen atoms in total. The number of anilines is 1. The fraction of sp³-hybridized carbons (Fsp3) is 0.174. The number of aromatic nitrogens is 3. The van der Waals surface area contributed by atoms with Gasteiger partial charge in [-0.25, -0.2) is 9.59 Å². The molecule has 0 aliphatic heterocycles. The fourth-order valence-corrected chi connectivity index (χ4v) is 4.30. The number of amides is 1. The summed E-state index contributed by atoms with van der Waals surface area (Å²) in [6, 6.07) is 9.16. The molecular weight excluding hydrogens is 515 g/mol. The molecule has 0 spiro atoms. The zero-order valence-electron chi connectivity index (χ0n) is 18.7. The average molecular weight is 535 g/mol. The van der Waals surface area contributed by atoms with Crippen LogP contribution in [0.4, 0.5) is 5.69 Å². The molecule has 0 aliphatic rings. The maximum absolute atomic E-state index is 12.7. The maximum atomic E-state index is 12.7. The summed E-state index contributed by atoms with van der Waals surface area (Å²) in [5, 5.41) is 12.4. The molecular formula is C23H20Cl2N4O5S. The van der Waals surface area contributed by atoms with E-state index in [1.54, 1.807) is 28.8 Å². The molecule has 2 aromatic carbocycles. The van der Waals surface area contributed by atoms with Gasteiger partial charge in [0.1, 0.15) is 0 Å². The zero-order valence-corrected chi connectivity index (χ0v) is 21.0. The van der Waals surface area contributed by atoms with Gasteiger partial charge in [-0.05, 0) is 36.4 Å². The van der Waals surface area contributed by atoms with E-state index in [1.165, 1.54) is 32.4 Å². The molecule has 35 heavy (non-hydrogen) atoms. The molecule has 1 N–H and O–H groups in total. The van der Waals surface area contributed by atoms with E-state index in [0.717, 1.165) is 11.8 Å². The number of thioether (sulfide) groups is 1. The Morgan fingerprint density at radius 3 is 2.49 bits per heavy atom. The van der Waals surface area contributed by atoms with Crippen LogP contribution in [0.5, 0.6) is 0 Å². The molecule has 0 aliphatic carbocycles. The maximum Gasteiger partial charge on any atom is 0.339 e. The van der Waals surface area contributed by atoms with E-state index >= 15 is 0 Å². The lowest BCUT2D eigenvalue weighted by Gasteiger charge is -2.12. The summed E-state index contributed by atoms with van der Waals surface area (Å²) in [5.74, 6) is -1.29. The first kappa shape index (κ1) is 26.3. The van der Waals surface area contributed by atoms with Crippen LogP contribution in [0.2, 0.25) is 10.0 Å². The van der Waals surface area contributed by atoms with Crippen molar-refractivity contribution in [2.45, 2.75) is 11.7 Å². The highest BCUT2D eigenvalue weighted by Crippen LogP contribution is 2.31. The molecule has 182 valence electrons. The molecule has 0 saturated heterocycles. The Hall–Kier alpha value is -3.34. The van der Waals surface area contributed by atoms with Crippen molar-refractivity contribution in [3.63, 3.8) is 0 Å². The Balaban J connectivity index is 1.81. The average Bonchev–Trinajstić information content (AvgIpc) is 3.24. The van der Waals surface area contributed by atoms with Crippen molar-refractivity contribution in [3.8, 4) is 11.4 Å². The summed E-state index contributed by atoms with van der Waals surface area (Å²) in [4.78, 5) is 36.7. The third-order valence-corrected chi connectivity index (χ3v) is 6.17. The summed E-state index contributed by atoms with van der Waals surface area (Å²) in [6.07, 6.45) is 1.67. The molecule has 0 radical (unpaired) electrons. The molecule has 1 amide bonds. The van der Waals surface area contributed by atoms with Crippen molar-refractivity contribution in [2.75, 3.05) is 25.3 Å². The molecule has 3 aromatic rings. The number of carbonyl (C=O) groups is 3. The number of rotatable bonds is 9. The smallest absolute Gasteiger partial charge is 0.339 e. The molecule has 0 fully saturated rings. The van der Waals surface area contributed by atoms with Gasteiger partial charge in [-0.1, -0.05) is 41.0 Å². The van der Waals surface area contributed by atoms with Crippen molar-refractivity contribution in [2.24, 2.45) is 0 Å². The van der Waals surface area contributed by atoms with Crippen LogP contribution in [0.3, 0.4) is 0 Å². The van der Waals surface area contributed by atoms with Gasteiger partial charge in [0, 0.05) is 17.1 Å². The number of nitrogens with zero attached hydrogens (tertiary/aromatic N) is 3. The highest BCUT2D eigenvalue weighted by Gasteiger charge is 2.20. The van der Waals surface area contributed by atoms with E-state index in [0.29, 0.717) is 33.1 Å². The topological polar surface area (TPSA) is 112 Å². The number of hydrogen-bond acceptors (Lipinski definition) is 8. The first-order valence-corrected chi connectivity index (χ1v) is 11.8. The van der Waals surface area contributed by atoms with Gasteiger partial charge in [-0.2, -0.15) is 0 Å². The van der Waals surface area contributed by atoms with Gasteiger partial charge in [-0.15, -0.1) is 16.8 Å². The lowest BCUT2D eigenvalue weighted by Crippen LogP contribution is -2.18. The Bertz CT molecular complexity index is 1290. The Morgan fingerprint density at radius 2 is 1.83 bits per heavy atom. The van der Waals surface area contributed by atoms with E-state index < -0.39 is 17.8 Å². The number of ether oxygens (including phenoxy) is 2. The van der Waals surface area contributed by atoms with Crippen LogP contribution < -0.4 is 5.32 Å². The molecule has 12 heteroatoms. The number of nitrogens with one attached hydrogen (secondary N) is 1. The predicted molar refractivity (Wildman–Crippen MR) is 134 cm³/mol. The number of methoxy groups -OCH3 is 2. The van der Waals surface area contributed by atoms with Crippen molar-refractivity contribution >= 4 is 58.5 Å². The van der Waals surface area contributed by atoms with E-state index in [-0.39, 0.29) is 22.6 Å². The minimum atomic E-state index is -0.667. The van der Waals surface area contributed by atoms with Crippen LogP contribution in [0.15, 0.2) is 54.2 Å². The number of esters is 2. The summed E-state index contributed by atoms with van der Waals surface area (Å²) in [5.41, 5.74) is 1.00. The lowest BCUT2D eigenvalue weighted by atomic mass is 10.1. The number of hydrogen-bond donors (Lipinski definition) is 1. The van der Waals surface area contributed by atoms with Crippen molar-refractivity contribution < 1.29 is 23.9 Å². The number of carbonyl (C=O) groups excluding carboxylic acids is 3. The second-order valence-electron chi connectivity index (χ2n) is 6.91. The first-order valence-electron chi connectivity index (χ1n) is 10.0. The van der Waals surface area contributed by atoms with E-state index in [1.807, 2.05) is 0 Å². The molecule has 0 atom stereocenters. The quantitative estimate of drug-likeness (QED) is 0.238. The van der Waals surface area contributed by atoms with Gasteiger partial charge in [-0.3, -0.25) is 9.36 Å². The Labute approximate surface area is 215 Å². The van der Waals surface area contributed by atoms with E-state index in [9.17, 15) is 14.4 Å². The SMILES string of the molecule is C=CCn1c(SCC(=O)Nc2cc(C(=O)OC)ccc2C(=O)OC)nnc1-c1ccc(Cl)cc1Cl. The molecule has 0 unspecified atom stereocenters. The third-order valence-electron chi connectivity index (χ3n) is 4.65. The van der Waals surface area contributed by atoms with Crippen molar-refractivity contribution in [1.82, 2.24) is 14.8 Å². The molecule has 0 bridgehead atoms. The van der Waals surface area contributed by atoms with Gasteiger partial charge in [0.2, 0.25) is 5.91 Å². The van der Waals surface area contributed by atoms with E-state index in [2.05, 4.69) is 22.1 Å². The molecule has 1 aromatic heterocycles. The number of halogens is 2. The van der Waals surface area contributed by atoms with Crippen LogP contribution in [0.1, 0.15) is 20.7 Å². The zero-order chi connectivity index (χ0) is 25.5. The van der Waals surface area contributed by atoms with Gasteiger partial charge >= 0.3 is 11.9 Å². The minimum Gasteiger partial charge on any atom is -0.465 e. The predicted octanol–water partition coefficient (Wildman–Crippen LogP) is 4.74. The normalized spacial score (nSPS) is 10.5. The second-order valence-corrected chi connectivity index (χ2v) is 8.70. The summed E-state index contributed by atoms with van der Waals surface area (Å²) in [6.45, 7) is 4.14. The Kier molecular flexibility index (Phi) is 8.91. The summed E-state index contributed by atoms with van der Waals surface area (Å²) >= 11 is 13.4. The van der Waals surface area contributed by atoms with Crippen LogP contribution in [-0.2, 0) is 20.8 Å². The van der Waals surface area contributed by atoms with Crippen molar-refractivity contribution in [3.05, 3.63) is 70.2 Å². The van der Waals surface area contributed by atoms with Crippen LogP contribution in [0, 0.1) is 0 Å². The Morgan fingerprint density at radius 1 is 1.09 bits per heavy atom. The fourth-order valence-electron chi connectivity index (χ4n) is 3.06. The highest BCUT2D eigenvalue weighted by molar-refractivity contribution is 7.99. The number of benzene rings is 2. The largest absolute Gasteiger partial charge is 0.465 e. The van der Waals surface area contributed by atoms with Gasteiger partial charge in [0.05, 0.1) is 41.8 Å². The first-order chi connectivity index (χ1) is 16.8. The molecule has 0 saturated carbocycles. The van der Waals surface area contributed by atoms with Gasteiger partial charge < -0.3 is 14.8 Å². The number of allylic oxidation sites excluding steroid dienone is 1. The van der Waals surface area contributed by atoms with Crippen molar-refractivity contribution in [1.29, 1.82) is 0 Å².